The highest BCUT2D eigenvalue weighted by Gasteiger charge is 2.04. The van der Waals surface area contributed by atoms with E-state index in [0.29, 0.717) is 19.4 Å². The third-order valence-electron chi connectivity index (χ3n) is 3.01. The van der Waals surface area contributed by atoms with E-state index in [4.69, 9.17) is 0 Å². The number of amides is 1. The summed E-state index contributed by atoms with van der Waals surface area (Å²) in [5, 5.41) is 12.0. The Kier molecular flexibility index (Phi) is 11.5. The number of carbonyl (C=O) groups is 1. The van der Waals surface area contributed by atoms with Crippen LogP contribution in [0.5, 0.6) is 0 Å². The predicted molar refractivity (Wildman–Crippen MR) is 71.9 cm³/mol. The first kappa shape index (κ1) is 16.4. The van der Waals surface area contributed by atoms with E-state index >= 15 is 0 Å². The first-order valence-corrected chi connectivity index (χ1v) is 7.15. The summed E-state index contributed by atoms with van der Waals surface area (Å²) in [4.78, 5) is 11.4. The number of nitrogens with one attached hydrogen (secondary N) is 1. The van der Waals surface area contributed by atoms with Gasteiger partial charge in [0.25, 0.3) is 0 Å². The van der Waals surface area contributed by atoms with Crippen LogP contribution in [0.2, 0.25) is 0 Å². The Balaban J connectivity index is 3.22. The maximum atomic E-state index is 11.4. The predicted octanol–water partition coefficient (Wildman–Crippen LogP) is 3.01. The molecular weight excluding hydrogens is 214 g/mol. The van der Waals surface area contributed by atoms with Crippen molar-refractivity contribution in [3.05, 3.63) is 0 Å². The highest BCUT2D eigenvalue weighted by atomic mass is 16.3. The van der Waals surface area contributed by atoms with Crippen LogP contribution in [0.4, 0.5) is 0 Å². The first-order valence-electron chi connectivity index (χ1n) is 7.15. The van der Waals surface area contributed by atoms with E-state index < -0.39 is 6.10 Å². The third kappa shape index (κ3) is 11.7. The lowest BCUT2D eigenvalue weighted by Gasteiger charge is -2.09. The zero-order valence-electron chi connectivity index (χ0n) is 11.5. The highest BCUT2D eigenvalue weighted by Crippen LogP contribution is 2.08. The lowest BCUT2D eigenvalue weighted by molar-refractivity contribution is -0.121. The standard InChI is InChI=1S/C14H29NO2/c1-3-5-6-7-8-9-10-11-14(17)15-12-13(16)4-2/h13,16H,3-12H2,1-2H3,(H,15,17). The number of unbranched alkanes of at least 4 members (excludes halogenated alkanes) is 6. The molecule has 0 aliphatic carbocycles. The molecule has 3 heteroatoms. The van der Waals surface area contributed by atoms with Gasteiger partial charge < -0.3 is 10.4 Å². The van der Waals surface area contributed by atoms with E-state index in [1.807, 2.05) is 6.92 Å². The zero-order valence-corrected chi connectivity index (χ0v) is 11.5. The smallest absolute Gasteiger partial charge is 0.220 e. The average molecular weight is 243 g/mol. The van der Waals surface area contributed by atoms with Gasteiger partial charge in [0.1, 0.15) is 0 Å². The maximum absolute atomic E-state index is 11.4. The van der Waals surface area contributed by atoms with Gasteiger partial charge in [-0.25, -0.2) is 0 Å². The van der Waals surface area contributed by atoms with Crippen LogP contribution in [0, 0.1) is 0 Å². The molecule has 0 spiro atoms. The summed E-state index contributed by atoms with van der Waals surface area (Å²) in [7, 11) is 0. The van der Waals surface area contributed by atoms with Gasteiger partial charge in [-0.05, 0) is 12.8 Å². The molecule has 17 heavy (non-hydrogen) atoms. The average Bonchev–Trinajstić information content (AvgIpc) is 2.34. The van der Waals surface area contributed by atoms with Crippen LogP contribution < -0.4 is 5.32 Å². The van der Waals surface area contributed by atoms with Crippen LogP contribution in [0.15, 0.2) is 0 Å². The van der Waals surface area contributed by atoms with Gasteiger partial charge >= 0.3 is 0 Å². The van der Waals surface area contributed by atoms with Crippen molar-refractivity contribution in [1.82, 2.24) is 5.32 Å². The van der Waals surface area contributed by atoms with Crippen molar-refractivity contribution in [2.45, 2.75) is 77.7 Å². The lowest BCUT2D eigenvalue weighted by Crippen LogP contribution is -2.31. The quantitative estimate of drug-likeness (QED) is 0.548. The SMILES string of the molecule is CCCCCCCCCC(=O)NCC(O)CC. The summed E-state index contributed by atoms with van der Waals surface area (Å²) in [6, 6.07) is 0. The Morgan fingerprint density at radius 1 is 1.06 bits per heavy atom. The monoisotopic (exact) mass is 243 g/mol. The third-order valence-corrected chi connectivity index (χ3v) is 3.01. The second-order valence-electron chi connectivity index (χ2n) is 4.74. The number of hydrogen-bond donors (Lipinski definition) is 2. The summed E-state index contributed by atoms with van der Waals surface area (Å²) >= 11 is 0. The van der Waals surface area contributed by atoms with Gasteiger partial charge in [-0.2, -0.15) is 0 Å². The molecule has 0 radical (unpaired) electrons. The second kappa shape index (κ2) is 11.9. The minimum absolute atomic E-state index is 0.0751. The lowest BCUT2D eigenvalue weighted by atomic mass is 10.1. The summed E-state index contributed by atoms with van der Waals surface area (Å²) in [6.45, 7) is 4.52. The maximum Gasteiger partial charge on any atom is 0.220 e. The molecule has 0 aromatic rings. The molecule has 0 bridgehead atoms. The van der Waals surface area contributed by atoms with E-state index in [1.54, 1.807) is 0 Å². The van der Waals surface area contributed by atoms with Gasteiger partial charge in [-0.1, -0.05) is 52.4 Å². The summed E-state index contributed by atoms with van der Waals surface area (Å²) in [6.07, 6.45) is 9.49. The summed E-state index contributed by atoms with van der Waals surface area (Å²) < 4.78 is 0. The normalized spacial score (nSPS) is 12.4. The van der Waals surface area contributed by atoms with Crippen LogP contribution in [0.1, 0.15) is 71.6 Å². The molecule has 1 atom stereocenters. The van der Waals surface area contributed by atoms with E-state index in [2.05, 4.69) is 12.2 Å². The van der Waals surface area contributed by atoms with Gasteiger partial charge in [-0.3, -0.25) is 4.79 Å². The Bertz CT molecular complexity index is 183. The van der Waals surface area contributed by atoms with Gasteiger partial charge in [0.2, 0.25) is 5.91 Å². The van der Waals surface area contributed by atoms with Crippen molar-refractivity contribution in [2.24, 2.45) is 0 Å². The number of carbonyl (C=O) groups excluding carboxylic acids is 1. The molecule has 0 aromatic heterocycles. The van der Waals surface area contributed by atoms with Crippen LogP contribution >= 0.6 is 0 Å². The fourth-order valence-corrected chi connectivity index (χ4v) is 1.71. The molecule has 1 amide bonds. The largest absolute Gasteiger partial charge is 0.391 e. The molecule has 1 unspecified atom stereocenters. The van der Waals surface area contributed by atoms with Crippen molar-refractivity contribution >= 4 is 5.91 Å². The first-order chi connectivity index (χ1) is 8.20. The molecule has 3 nitrogen and oxygen atoms in total. The van der Waals surface area contributed by atoms with Gasteiger partial charge in [0.05, 0.1) is 6.10 Å². The minimum Gasteiger partial charge on any atom is -0.391 e. The number of aliphatic hydroxyl groups is 1. The number of hydrogen-bond acceptors (Lipinski definition) is 2. The Labute approximate surface area is 106 Å². The van der Waals surface area contributed by atoms with Crippen LogP contribution in [0.25, 0.3) is 0 Å². The summed E-state index contributed by atoms with van der Waals surface area (Å²) in [5.41, 5.74) is 0. The number of aliphatic hydroxyl groups excluding tert-OH is 1. The van der Waals surface area contributed by atoms with Crippen LogP contribution in [0.3, 0.4) is 0 Å². The van der Waals surface area contributed by atoms with Crippen molar-refractivity contribution in [2.75, 3.05) is 6.54 Å². The van der Waals surface area contributed by atoms with Crippen molar-refractivity contribution in [1.29, 1.82) is 0 Å². The second-order valence-corrected chi connectivity index (χ2v) is 4.74. The van der Waals surface area contributed by atoms with E-state index in [0.717, 1.165) is 12.8 Å². The molecule has 0 heterocycles. The Hall–Kier alpha value is -0.570. The molecule has 2 N–H and O–H groups in total. The molecule has 102 valence electrons. The zero-order chi connectivity index (χ0) is 12.9. The summed E-state index contributed by atoms with van der Waals surface area (Å²) in [5.74, 6) is 0.0751. The molecule has 0 rings (SSSR count). The molecule has 0 aliphatic heterocycles. The van der Waals surface area contributed by atoms with Crippen molar-refractivity contribution < 1.29 is 9.90 Å². The number of rotatable bonds is 11. The topological polar surface area (TPSA) is 49.3 Å². The molecule has 0 aliphatic rings. The van der Waals surface area contributed by atoms with Crippen molar-refractivity contribution in [3.63, 3.8) is 0 Å². The van der Waals surface area contributed by atoms with Gasteiger partial charge in [-0.15, -0.1) is 0 Å². The molecule has 0 saturated heterocycles. The molecule has 0 saturated carbocycles. The van der Waals surface area contributed by atoms with Crippen LogP contribution in [-0.4, -0.2) is 23.7 Å². The van der Waals surface area contributed by atoms with Crippen LogP contribution in [-0.2, 0) is 4.79 Å². The fraction of sp³-hybridized carbons (Fsp3) is 0.929. The van der Waals surface area contributed by atoms with Crippen molar-refractivity contribution in [3.8, 4) is 0 Å². The Morgan fingerprint density at radius 3 is 2.24 bits per heavy atom. The molecular formula is C14H29NO2. The van der Waals surface area contributed by atoms with Gasteiger partial charge in [0.15, 0.2) is 0 Å². The van der Waals surface area contributed by atoms with E-state index in [9.17, 15) is 9.90 Å². The molecule has 0 aromatic carbocycles. The van der Waals surface area contributed by atoms with E-state index in [-0.39, 0.29) is 5.91 Å². The highest BCUT2D eigenvalue weighted by molar-refractivity contribution is 5.75. The fourth-order valence-electron chi connectivity index (χ4n) is 1.71. The minimum atomic E-state index is -0.395. The molecule has 0 fully saturated rings. The Morgan fingerprint density at radius 2 is 1.65 bits per heavy atom. The van der Waals surface area contributed by atoms with E-state index in [1.165, 1.54) is 32.1 Å². The van der Waals surface area contributed by atoms with Gasteiger partial charge in [0, 0.05) is 13.0 Å².